The number of ether oxygens (including phenoxy) is 1. The van der Waals surface area contributed by atoms with E-state index in [1.54, 1.807) is 36.9 Å². The fourth-order valence-electron chi connectivity index (χ4n) is 5.00. The molecular formula is C32H25FN8O3S. The van der Waals surface area contributed by atoms with E-state index in [1.807, 2.05) is 42.5 Å². The Morgan fingerprint density at radius 1 is 0.889 bits per heavy atom. The minimum Gasteiger partial charge on any atom is -0.487 e. The summed E-state index contributed by atoms with van der Waals surface area (Å²) >= 11 is 0. The number of fused-ring (bicyclic) bond motifs is 2. The molecule has 13 heteroatoms. The summed E-state index contributed by atoms with van der Waals surface area (Å²) in [5.41, 5.74) is 6.33. The maximum Gasteiger partial charge on any atom is 0.209 e. The van der Waals surface area contributed by atoms with Crippen molar-refractivity contribution < 1.29 is 17.5 Å². The summed E-state index contributed by atoms with van der Waals surface area (Å²) in [6, 6.07) is 19.8. The number of rotatable bonds is 9. The van der Waals surface area contributed by atoms with Gasteiger partial charge >= 0.3 is 0 Å². The standard InChI is InChI=1S/C32H25FN8O3S/c1-45(42,43)37-14-20-9-21(11-23(33)10-20)29-31-26(7-8-35-29)38-32(39-31)30-25-13-27(36-17-28(25)40-41-30)22-12-24(16-34-15-22)44-18-19-5-3-2-4-6-19/h2-13,15-17,37H,14,18H2,1H3,(H,38,39)(H,40,41). The molecule has 5 aromatic heterocycles. The second-order valence-corrected chi connectivity index (χ2v) is 12.3. The molecule has 0 amide bonds. The van der Waals surface area contributed by atoms with Crippen LogP contribution in [-0.4, -0.2) is 49.8 Å². The van der Waals surface area contributed by atoms with Gasteiger partial charge in [0.05, 0.1) is 41.1 Å². The van der Waals surface area contributed by atoms with Gasteiger partial charge in [0.25, 0.3) is 0 Å². The molecule has 0 saturated carbocycles. The topological polar surface area (TPSA) is 151 Å². The lowest BCUT2D eigenvalue weighted by Gasteiger charge is -2.08. The summed E-state index contributed by atoms with van der Waals surface area (Å²) in [4.78, 5) is 21.5. The molecule has 7 rings (SSSR count). The van der Waals surface area contributed by atoms with Gasteiger partial charge in [-0.2, -0.15) is 5.10 Å². The number of pyridine rings is 3. The first-order valence-electron chi connectivity index (χ1n) is 13.8. The third-order valence-corrected chi connectivity index (χ3v) is 7.77. The summed E-state index contributed by atoms with van der Waals surface area (Å²) in [7, 11) is -3.45. The molecule has 0 aliphatic heterocycles. The normalized spacial score (nSPS) is 11.8. The van der Waals surface area contributed by atoms with E-state index in [9.17, 15) is 12.8 Å². The largest absolute Gasteiger partial charge is 0.487 e. The first kappa shape index (κ1) is 28.3. The molecule has 0 atom stereocenters. The summed E-state index contributed by atoms with van der Waals surface area (Å²) in [6.45, 7) is 0.361. The number of nitrogens with one attached hydrogen (secondary N) is 3. The number of imidazole rings is 1. The Morgan fingerprint density at radius 3 is 2.60 bits per heavy atom. The second kappa shape index (κ2) is 11.5. The Labute approximate surface area is 256 Å². The van der Waals surface area contributed by atoms with Crippen molar-refractivity contribution in [2.75, 3.05) is 6.26 Å². The first-order chi connectivity index (χ1) is 21.8. The molecule has 0 aliphatic carbocycles. The maximum absolute atomic E-state index is 14.6. The summed E-state index contributed by atoms with van der Waals surface area (Å²) in [6.07, 6.45) is 7.74. The van der Waals surface area contributed by atoms with Crippen LogP contribution in [0.3, 0.4) is 0 Å². The van der Waals surface area contributed by atoms with Crippen LogP contribution >= 0.6 is 0 Å². The zero-order chi connectivity index (χ0) is 31.0. The lowest BCUT2D eigenvalue weighted by molar-refractivity contribution is 0.305. The average molecular weight is 621 g/mol. The first-order valence-corrected chi connectivity index (χ1v) is 15.7. The molecule has 224 valence electrons. The fourth-order valence-corrected chi connectivity index (χ4v) is 5.43. The minimum atomic E-state index is -3.45. The number of aromatic nitrogens is 7. The number of halogens is 1. The molecule has 0 aliphatic rings. The Kier molecular flexibility index (Phi) is 7.23. The number of aromatic amines is 2. The summed E-state index contributed by atoms with van der Waals surface area (Å²) in [5.74, 6) is 0.585. The predicted octanol–water partition coefficient (Wildman–Crippen LogP) is 5.39. The average Bonchev–Trinajstić information content (AvgIpc) is 3.67. The molecule has 11 nitrogen and oxygen atoms in total. The van der Waals surface area contributed by atoms with Crippen molar-refractivity contribution in [3.8, 4) is 39.8 Å². The van der Waals surface area contributed by atoms with E-state index in [1.165, 1.54) is 12.1 Å². The van der Waals surface area contributed by atoms with Gasteiger partial charge in [-0.05, 0) is 47.5 Å². The number of H-pyrrole nitrogens is 2. The van der Waals surface area contributed by atoms with Crippen molar-refractivity contribution in [1.82, 2.24) is 39.8 Å². The Bertz CT molecular complexity index is 2290. The van der Waals surface area contributed by atoms with Gasteiger partial charge in [0, 0.05) is 35.5 Å². The van der Waals surface area contributed by atoms with E-state index in [4.69, 9.17) is 9.72 Å². The van der Waals surface area contributed by atoms with Crippen LogP contribution in [0.2, 0.25) is 0 Å². The molecule has 0 spiro atoms. The Morgan fingerprint density at radius 2 is 1.76 bits per heavy atom. The van der Waals surface area contributed by atoms with Crippen LogP contribution in [0.4, 0.5) is 4.39 Å². The van der Waals surface area contributed by atoms with Crippen LogP contribution in [0.15, 0.2) is 91.5 Å². The molecule has 3 N–H and O–H groups in total. The van der Waals surface area contributed by atoms with Crippen molar-refractivity contribution >= 4 is 32.0 Å². The van der Waals surface area contributed by atoms with Crippen molar-refractivity contribution in [2.45, 2.75) is 13.2 Å². The molecule has 2 aromatic carbocycles. The zero-order valence-corrected chi connectivity index (χ0v) is 24.6. The van der Waals surface area contributed by atoms with Crippen LogP contribution in [0, 0.1) is 5.82 Å². The van der Waals surface area contributed by atoms with Crippen LogP contribution < -0.4 is 9.46 Å². The number of sulfonamides is 1. The van der Waals surface area contributed by atoms with Gasteiger partial charge in [-0.15, -0.1) is 0 Å². The third-order valence-electron chi connectivity index (χ3n) is 7.10. The molecule has 0 saturated heterocycles. The maximum atomic E-state index is 14.6. The Balaban J connectivity index is 1.22. The smallest absolute Gasteiger partial charge is 0.209 e. The van der Waals surface area contributed by atoms with Crippen LogP contribution in [0.1, 0.15) is 11.1 Å². The predicted molar refractivity (Wildman–Crippen MR) is 168 cm³/mol. The summed E-state index contributed by atoms with van der Waals surface area (Å²) in [5, 5.41) is 8.30. The molecule has 7 aromatic rings. The van der Waals surface area contributed by atoms with Gasteiger partial charge in [-0.1, -0.05) is 30.3 Å². The second-order valence-electron chi connectivity index (χ2n) is 10.5. The molecule has 0 fully saturated rings. The number of benzene rings is 2. The number of hydrogen-bond donors (Lipinski definition) is 3. The highest BCUT2D eigenvalue weighted by atomic mass is 32.2. The highest BCUT2D eigenvalue weighted by Gasteiger charge is 2.18. The van der Waals surface area contributed by atoms with Crippen LogP contribution in [-0.2, 0) is 23.2 Å². The van der Waals surface area contributed by atoms with E-state index in [0.29, 0.717) is 62.9 Å². The molecule has 5 heterocycles. The van der Waals surface area contributed by atoms with E-state index in [2.05, 4.69) is 34.9 Å². The van der Waals surface area contributed by atoms with E-state index in [0.717, 1.165) is 22.8 Å². The Hall–Kier alpha value is -5.53. The van der Waals surface area contributed by atoms with Crippen LogP contribution in [0.5, 0.6) is 5.75 Å². The molecule has 0 radical (unpaired) electrons. The van der Waals surface area contributed by atoms with Crippen LogP contribution in [0.25, 0.3) is 56.0 Å². The lowest BCUT2D eigenvalue weighted by atomic mass is 10.1. The van der Waals surface area contributed by atoms with Gasteiger partial charge in [-0.3, -0.25) is 20.1 Å². The van der Waals surface area contributed by atoms with Crippen molar-refractivity contribution in [3.63, 3.8) is 0 Å². The highest BCUT2D eigenvalue weighted by molar-refractivity contribution is 7.88. The van der Waals surface area contributed by atoms with Crippen molar-refractivity contribution in [3.05, 3.63) is 108 Å². The molecule has 0 unspecified atom stereocenters. The molecular weight excluding hydrogens is 595 g/mol. The van der Waals surface area contributed by atoms with E-state index in [-0.39, 0.29) is 6.54 Å². The summed E-state index contributed by atoms with van der Waals surface area (Å²) < 4.78 is 46.1. The van der Waals surface area contributed by atoms with Gasteiger partial charge in [-0.25, -0.2) is 22.5 Å². The van der Waals surface area contributed by atoms with Gasteiger partial charge in [0.15, 0.2) is 5.82 Å². The van der Waals surface area contributed by atoms with Crippen molar-refractivity contribution in [2.24, 2.45) is 0 Å². The number of hydrogen-bond acceptors (Lipinski definition) is 8. The quantitative estimate of drug-likeness (QED) is 0.194. The molecule has 0 bridgehead atoms. The number of nitrogens with zero attached hydrogens (tertiary/aromatic N) is 5. The van der Waals surface area contributed by atoms with E-state index >= 15 is 0 Å². The van der Waals surface area contributed by atoms with Gasteiger partial charge < -0.3 is 9.72 Å². The molecule has 45 heavy (non-hydrogen) atoms. The van der Waals surface area contributed by atoms with Gasteiger partial charge in [0.2, 0.25) is 10.0 Å². The SMILES string of the molecule is CS(=O)(=O)NCc1cc(F)cc(-c2nccc3[nH]c(-c4n[nH]c5cnc(-c6cncc(OCc7ccccc7)c6)cc45)nc23)c1. The monoisotopic (exact) mass is 620 g/mol. The fraction of sp³-hybridized carbons (Fsp3) is 0.0938. The zero-order valence-electron chi connectivity index (χ0n) is 23.8. The minimum absolute atomic E-state index is 0.0570. The lowest BCUT2D eigenvalue weighted by Crippen LogP contribution is -2.21. The highest BCUT2D eigenvalue weighted by Crippen LogP contribution is 2.32. The van der Waals surface area contributed by atoms with Crippen molar-refractivity contribution in [1.29, 1.82) is 0 Å². The van der Waals surface area contributed by atoms with Gasteiger partial charge in [0.1, 0.15) is 29.4 Å². The third kappa shape index (κ3) is 6.12. The van der Waals surface area contributed by atoms with E-state index < -0.39 is 15.8 Å².